The number of hydrogen-bond donors (Lipinski definition) is 1. The summed E-state index contributed by atoms with van der Waals surface area (Å²) in [4.78, 5) is 35.7. The molecule has 160 valence electrons. The van der Waals surface area contributed by atoms with Gasteiger partial charge in [-0.25, -0.2) is 0 Å². The van der Waals surface area contributed by atoms with E-state index in [1.807, 2.05) is 6.07 Å². The summed E-state index contributed by atoms with van der Waals surface area (Å²) in [6, 6.07) is 13.0. The highest BCUT2D eigenvalue weighted by molar-refractivity contribution is 6.46. The van der Waals surface area contributed by atoms with E-state index in [0.29, 0.717) is 23.5 Å². The highest BCUT2D eigenvalue weighted by atomic mass is 16.5. The summed E-state index contributed by atoms with van der Waals surface area (Å²) in [6.45, 7) is 4.13. The molecule has 7 nitrogen and oxygen atoms in total. The minimum atomic E-state index is -0.777. The summed E-state index contributed by atoms with van der Waals surface area (Å²) in [5, 5.41) is 11.1. The minimum Gasteiger partial charge on any atom is -0.507 e. The lowest BCUT2D eigenvalue weighted by Gasteiger charge is -2.25. The van der Waals surface area contributed by atoms with Crippen LogP contribution in [0.5, 0.6) is 5.75 Å². The summed E-state index contributed by atoms with van der Waals surface area (Å²) in [6.07, 6.45) is 8.11. The number of carbonyl (C=O) groups excluding carboxylic acids is 2. The van der Waals surface area contributed by atoms with Gasteiger partial charge in [0, 0.05) is 36.9 Å². The molecule has 1 N–H and O–H groups in total. The van der Waals surface area contributed by atoms with Gasteiger partial charge in [0.15, 0.2) is 0 Å². The van der Waals surface area contributed by atoms with E-state index in [4.69, 9.17) is 4.74 Å². The van der Waals surface area contributed by atoms with Gasteiger partial charge in [-0.2, -0.15) is 0 Å². The zero-order valence-electron chi connectivity index (χ0n) is 17.2. The molecule has 3 heterocycles. The molecule has 0 spiro atoms. The van der Waals surface area contributed by atoms with Crippen molar-refractivity contribution in [2.75, 3.05) is 6.61 Å². The molecule has 0 bridgehead atoms. The van der Waals surface area contributed by atoms with Gasteiger partial charge in [0.25, 0.3) is 11.7 Å². The van der Waals surface area contributed by atoms with Crippen molar-refractivity contribution < 1.29 is 19.4 Å². The molecule has 1 atom stereocenters. The Bertz CT molecular complexity index is 1160. The Morgan fingerprint density at radius 2 is 1.78 bits per heavy atom. The van der Waals surface area contributed by atoms with Crippen LogP contribution < -0.4 is 4.74 Å². The number of likely N-dealkylation sites (tertiary alicyclic amines) is 1. The third kappa shape index (κ3) is 4.13. The van der Waals surface area contributed by atoms with Gasteiger partial charge in [-0.3, -0.25) is 19.6 Å². The first kappa shape index (κ1) is 21.0. The van der Waals surface area contributed by atoms with Gasteiger partial charge in [0.05, 0.1) is 11.6 Å². The van der Waals surface area contributed by atoms with Gasteiger partial charge >= 0.3 is 0 Å². The fourth-order valence-corrected chi connectivity index (χ4v) is 3.64. The van der Waals surface area contributed by atoms with Crippen molar-refractivity contribution in [3.8, 4) is 5.75 Å². The molecular weight excluding hydrogens is 406 g/mol. The Kier molecular flexibility index (Phi) is 6.07. The molecule has 4 rings (SSSR count). The molecule has 1 fully saturated rings. The highest BCUT2D eigenvalue weighted by Crippen LogP contribution is 2.40. The number of nitrogens with zero attached hydrogens (tertiary/aromatic N) is 3. The number of aliphatic hydroxyl groups excluding tert-OH is 1. The second-order valence-corrected chi connectivity index (χ2v) is 7.20. The zero-order valence-corrected chi connectivity index (χ0v) is 17.2. The average Bonchev–Trinajstić information content (AvgIpc) is 3.09. The Morgan fingerprint density at radius 1 is 1.06 bits per heavy atom. The van der Waals surface area contributed by atoms with Crippen LogP contribution >= 0.6 is 0 Å². The summed E-state index contributed by atoms with van der Waals surface area (Å²) in [5.41, 5.74) is 1.82. The van der Waals surface area contributed by atoms with E-state index in [9.17, 15) is 14.7 Å². The van der Waals surface area contributed by atoms with Crippen LogP contribution in [0, 0.1) is 0 Å². The smallest absolute Gasteiger partial charge is 0.295 e. The fourth-order valence-electron chi connectivity index (χ4n) is 3.64. The van der Waals surface area contributed by atoms with Gasteiger partial charge in [-0.15, -0.1) is 0 Å². The van der Waals surface area contributed by atoms with Crippen molar-refractivity contribution in [2.24, 2.45) is 0 Å². The lowest BCUT2D eigenvalue weighted by atomic mass is 9.96. The lowest BCUT2D eigenvalue weighted by molar-refractivity contribution is -0.140. The third-order valence-corrected chi connectivity index (χ3v) is 5.11. The molecule has 7 heteroatoms. The molecule has 1 amide bonds. The number of carbonyl (C=O) groups is 2. The second kappa shape index (κ2) is 9.26. The van der Waals surface area contributed by atoms with Crippen LogP contribution in [0.4, 0.5) is 0 Å². The average molecular weight is 427 g/mol. The van der Waals surface area contributed by atoms with Crippen molar-refractivity contribution in [3.05, 3.63) is 108 Å². The number of ether oxygens (including phenoxy) is 1. The maximum absolute atomic E-state index is 13.0. The molecule has 0 aliphatic carbocycles. The Hall–Kier alpha value is -4.26. The molecule has 1 aromatic carbocycles. The first-order valence-corrected chi connectivity index (χ1v) is 10.0. The van der Waals surface area contributed by atoms with Crippen LogP contribution in [0.25, 0.3) is 5.76 Å². The quantitative estimate of drug-likeness (QED) is 0.268. The van der Waals surface area contributed by atoms with E-state index in [1.54, 1.807) is 73.3 Å². The first-order valence-electron chi connectivity index (χ1n) is 10.0. The number of ketones is 1. The molecule has 1 aliphatic heterocycles. The van der Waals surface area contributed by atoms with E-state index in [0.717, 1.165) is 5.56 Å². The Labute approximate surface area is 185 Å². The summed E-state index contributed by atoms with van der Waals surface area (Å²) < 4.78 is 5.47. The number of amides is 1. The topological polar surface area (TPSA) is 92.6 Å². The van der Waals surface area contributed by atoms with Crippen molar-refractivity contribution in [3.63, 3.8) is 0 Å². The van der Waals surface area contributed by atoms with Crippen LogP contribution in [-0.4, -0.2) is 38.3 Å². The molecule has 0 saturated carbocycles. The molecule has 2 aromatic heterocycles. The SMILES string of the molecule is C=CCOc1ccc(/C(O)=C2\C(=O)C(=O)N(Cc3cccnc3)[C@@H]2c2cccnc2)cc1. The second-order valence-electron chi connectivity index (χ2n) is 7.20. The van der Waals surface area contributed by atoms with Crippen LogP contribution in [-0.2, 0) is 16.1 Å². The normalized spacial score (nSPS) is 17.4. The van der Waals surface area contributed by atoms with Gasteiger partial charge in [-0.05, 0) is 47.5 Å². The van der Waals surface area contributed by atoms with E-state index in [1.165, 1.54) is 4.90 Å². The molecule has 0 radical (unpaired) electrons. The maximum Gasteiger partial charge on any atom is 0.295 e. The van der Waals surface area contributed by atoms with E-state index in [2.05, 4.69) is 16.5 Å². The highest BCUT2D eigenvalue weighted by Gasteiger charge is 2.46. The van der Waals surface area contributed by atoms with E-state index >= 15 is 0 Å². The van der Waals surface area contributed by atoms with E-state index in [-0.39, 0.29) is 17.9 Å². The van der Waals surface area contributed by atoms with Crippen molar-refractivity contribution in [1.82, 2.24) is 14.9 Å². The Morgan fingerprint density at radius 3 is 2.41 bits per heavy atom. The predicted molar refractivity (Wildman–Crippen MR) is 118 cm³/mol. The van der Waals surface area contributed by atoms with Gasteiger partial charge < -0.3 is 14.7 Å². The number of hydrogen-bond acceptors (Lipinski definition) is 6. The number of Topliss-reactive ketones (excluding diaryl/α,β-unsaturated/α-hetero) is 1. The zero-order chi connectivity index (χ0) is 22.5. The van der Waals surface area contributed by atoms with E-state index < -0.39 is 17.7 Å². The Balaban J connectivity index is 1.77. The predicted octanol–water partition coefficient (Wildman–Crippen LogP) is 3.66. The number of aromatic nitrogens is 2. The minimum absolute atomic E-state index is 0.0200. The number of aliphatic hydroxyl groups is 1. The third-order valence-electron chi connectivity index (χ3n) is 5.11. The van der Waals surface area contributed by atoms with Crippen molar-refractivity contribution >= 4 is 17.4 Å². The largest absolute Gasteiger partial charge is 0.507 e. The van der Waals surface area contributed by atoms with Gasteiger partial charge in [0.2, 0.25) is 0 Å². The van der Waals surface area contributed by atoms with Crippen LogP contribution in [0.15, 0.2) is 91.5 Å². The molecule has 3 aromatic rings. The monoisotopic (exact) mass is 427 g/mol. The van der Waals surface area contributed by atoms with Crippen LogP contribution in [0.3, 0.4) is 0 Å². The van der Waals surface area contributed by atoms with Gasteiger partial charge in [-0.1, -0.05) is 24.8 Å². The molecule has 1 aliphatic rings. The van der Waals surface area contributed by atoms with Crippen molar-refractivity contribution in [1.29, 1.82) is 0 Å². The number of pyridine rings is 2. The summed E-state index contributed by atoms with van der Waals surface area (Å²) >= 11 is 0. The van der Waals surface area contributed by atoms with Crippen LogP contribution in [0.2, 0.25) is 0 Å². The molecular formula is C25H21N3O4. The fraction of sp³-hybridized carbons (Fsp3) is 0.120. The van der Waals surface area contributed by atoms with Crippen molar-refractivity contribution in [2.45, 2.75) is 12.6 Å². The lowest BCUT2D eigenvalue weighted by Crippen LogP contribution is -2.29. The van der Waals surface area contributed by atoms with Crippen LogP contribution in [0.1, 0.15) is 22.7 Å². The first-order chi connectivity index (χ1) is 15.6. The van der Waals surface area contributed by atoms with Gasteiger partial charge in [0.1, 0.15) is 18.1 Å². The molecule has 32 heavy (non-hydrogen) atoms. The molecule has 0 unspecified atom stereocenters. The number of rotatable bonds is 7. The molecule has 1 saturated heterocycles. The maximum atomic E-state index is 13.0. The number of benzene rings is 1. The standard InChI is InChI=1S/C25H21N3O4/c1-2-13-32-20-9-7-18(8-10-20)23(29)21-22(19-6-4-12-27-15-19)28(25(31)24(21)30)16-17-5-3-11-26-14-17/h2-12,14-15,22,29H,1,13,16H2/b23-21+/t22-/m1/s1. The summed E-state index contributed by atoms with van der Waals surface area (Å²) in [7, 11) is 0. The summed E-state index contributed by atoms with van der Waals surface area (Å²) in [5.74, 6) is -1.08.